The Balaban J connectivity index is 1.85. The third-order valence-electron chi connectivity index (χ3n) is 17.8. The minimum Gasteiger partial charge on any atom is -0.481 e. The van der Waals surface area contributed by atoms with E-state index in [-0.39, 0.29) is 142 Å². The summed E-state index contributed by atoms with van der Waals surface area (Å²) in [6.07, 6.45) is -0.251. The van der Waals surface area contributed by atoms with Crippen molar-refractivity contribution in [2.75, 3.05) is 73.7 Å². The standard InChI is InChI=1S/C66H106N6O17/c1-16-40(6)62(71(13)65(82)47(38(2)3)36-54(77)61(39(4)5)70(11)12)56(85-14)37-58(79)72-27-17-20-49(72)63(86-15)43(9)52(75)35-46(66(83)84)33-45-23-24-55-48(34-45)69-64(81)41(7)32-53(76)44(10)68-57(78)25-30-87-29-19-22-51(74)60(67)42(8)50(73)21-18-28-88-31-26-59(80)89-55/h23-24,34,38-44,46-47,49,56,60-63H,16-22,25-33,35-37,67H2,1-15H3,(H,68,78)(H,69,81)(H,83,84)/t40-,41+,42?,43-,44-,46+,47-,49-,56+,60?,61-,62-,63+/m0/s1. The topological polar surface area (TPSA) is 314 Å². The number of hydrogen-bond acceptors (Lipinski definition) is 18. The highest BCUT2D eigenvalue weighted by Gasteiger charge is 2.44. The van der Waals surface area contributed by atoms with Crippen molar-refractivity contribution in [3.63, 3.8) is 0 Å². The van der Waals surface area contributed by atoms with Crippen LogP contribution in [0, 0.1) is 47.3 Å². The number of fused-ring (bicyclic) bond motifs is 1. The fourth-order valence-corrected chi connectivity index (χ4v) is 12.1. The summed E-state index contributed by atoms with van der Waals surface area (Å²) in [7, 11) is 8.39. The minimum absolute atomic E-state index is 0.0121. The Hall–Kier alpha value is -5.85. The van der Waals surface area contributed by atoms with E-state index in [9.17, 15) is 57.8 Å². The molecule has 0 saturated carbocycles. The molecule has 2 heterocycles. The second-order valence-corrected chi connectivity index (χ2v) is 25.5. The van der Waals surface area contributed by atoms with Gasteiger partial charge in [0.1, 0.15) is 17.3 Å². The molecule has 4 amide bonds. The fraction of sp³-hybridized carbons (Fsp3) is 0.742. The Kier molecular flexibility index (Phi) is 33.1. The average molecular weight is 1260 g/mol. The summed E-state index contributed by atoms with van der Waals surface area (Å²) in [5, 5.41) is 16.0. The predicted octanol–water partition coefficient (Wildman–Crippen LogP) is 6.06. The Morgan fingerprint density at radius 1 is 0.775 bits per heavy atom. The van der Waals surface area contributed by atoms with E-state index in [1.165, 1.54) is 46.3 Å². The number of likely N-dealkylation sites (N-methyl/N-ethyl adjacent to an activating group) is 2. The van der Waals surface area contributed by atoms with E-state index in [1.54, 1.807) is 30.7 Å². The zero-order valence-corrected chi connectivity index (χ0v) is 55.7. The number of carboxylic acids is 1. The molecule has 0 spiro atoms. The molecular formula is C66H106N6O17. The number of ether oxygens (including phenoxy) is 5. The number of nitrogens with two attached hydrogens (primary N) is 1. The molecule has 13 atom stereocenters. The van der Waals surface area contributed by atoms with Crippen LogP contribution in [0.2, 0.25) is 0 Å². The van der Waals surface area contributed by atoms with Crippen molar-refractivity contribution in [3.8, 4) is 5.75 Å². The van der Waals surface area contributed by atoms with Gasteiger partial charge in [0.15, 0.2) is 17.3 Å². The van der Waals surface area contributed by atoms with E-state index in [0.717, 1.165) is 0 Å². The number of nitrogens with zero attached hydrogens (tertiary/aromatic N) is 3. The molecule has 2 unspecified atom stereocenters. The summed E-state index contributed by atoms with van der Waals surface area (Å²) in [6.45, 7) is 18.6. The number of aliphatic carboxylic acids is 1. The number of esters is 1. The van der Waals surface area contributed by atoms with Gasteiger partial charge in [0.25, 0.3) is 0 Å². The number of likely N-dealkylation sites (tertiary alicyclic amines) is 1. The number of methoxy groups -OCH3 is 2. The number of carbonyl (C=O) groups is 11. The number of anilines is 1. The number of hydrogen-bond donors (Lipinski definition) is 4. The first kappa shape index (κ1) is 77.4. The van der Waals surface area contributed by atoms with Gasteiger partial charge in [0, 0.05) is 103 Å². The highest BCUT2D eigenvalue weighted by molar-refractivity contribution is 5.98. The van der Waals surface area contributed by atoms with E-state index in [2.05, 4.69) is 10.6 Å². The first-order valence-electron chi connectivity index (χ1n) is 31.9. The Morgan fingerprint density at radius 2 is 1.40 bits per heavy atom. The van der Waals surface area contributed by atoms with E-state index in [4.69, 9.17) is 29.4 Å². The van der Waals surface area contributed by atoms with Gasteiger partial charge in [-0.15, -0.1) is 0 Å². The summed E-state index contributed by atoms with van der Waals surface area (Å²) in [5.74, 6) is -9.81. The number of Topliss-reactive ketones (excluding diaryl/α,β-unsaturated/α-hetero) is 5. The van der Waals surface area contributed by atoms with Crippen molar-refractivity contribution < 1.29 is 81.5 Å². The summed E-state index contributed by atoms with van der Waals surface area (Å²) in [5.41, 5.74) is 6.45. The van der Waals surface area contributed by atoms with Gasteiger partial charge in [-0.25, -0.2) is 0 Å². The zero-order chi connectivity index (χ0) is 67.0. The molecule has 0 radical (unpaired) electrons. The molecule has 2 aliphatic rings. The molecule has 2 aliphatic heterocycles. The molecular weight excluding hydrogens is 1150 g/mol. The van der Waals surface area contributed by atoms with Crippen molar-refractivity contribution in [3.05, 3.63) is 23.8 Å². The molecule has 502 valence electrons. The number of benzene rings is 1. The first-order chi connectivity index (χ1) is 41.9. The van der Waals surface area contributed by atoms with E-state index in [1.807, 2.05) is 60.5 Å². The molecule has 1 aromatic carbocycles. The zero-order valence-electron chi connectivity index (χ0n) is 55.7. The van der Waals surface area contributed by atoms with Crippen molar-refractivity contribution in [1.82, 2.24) is 20.0 Å². The number of amides is 4. The van der Waals surface area contributed by atoms with Crippen LogP contribution in [-0.4, -0.2) is 195 Å². The fourth-order valence-electron chi connectivity index (χ4n) is 12.1. The second-order valence-electron chi connectivity index (χ2n) is 25.5. The molecule has 3 rings (SSSR count). The lowest BCUT2D eigenvalue weighted by atomic mass is 9.83. The predicted molar refractivity (Wildman–Crippen MR) is 334 cm³/mol. The Labute approximate surface area is 527 Å². The summed E-state index contributed by atoms with van der Waals surface area (Å²) in [6, 6.07) is 0.900. The van der Waals surface area contributed by atoms with E-state index in [0.29, 0.717) is 44.2 Å². The van der Waals surface area contributed by atoms with Crippen LogP contribution in [-0.2, 0) is 78.1 Å². The molecule has 1 fully saturated rings. The smallest absolute Gasteiger partial charge is 0.313 e. The number of rotatable bonds is 23. The van der Waals surface area contributed by atoms with Crippen LogP contribution in [0.25, 0.3) is 0 Å². The molecule has 89 heavy (non-hydrogen) atoms. The maximum absolute atomic E-state index is 14.6. The monoisotopic (exact) mass is 1250 g/mol. The first-order valence-corrected chi connectivity index (χ1v) is 31.9. The Morgan fingerprint density at radius 3 is 1.98 bits per heavy atom. The van der Waals surface area contributed by atoms with Gasteiger partial charge in [-0.3, -0.25) is 57.6 Å². The molecule has 23 nitrogen and oxygen atoms in total. The third kappa shape index (κ3) is 23.7. The van der Waals surface area contributed by atoms with Crippen LogP contribution in [0.1, 0.15) is 158 Å². The lowest BCUT2D eigenvalue weighted by Gasteiger charge is -2.41. The SMILES string of the molecule is CC[C@H](C)[C@@H]([C@@H](CC(=O)N1CCC[C@H]1[C@H](OC)[C@@H](C)C(=O)C[C@@H](Cc1ccc2c(c1)NC(=O)[C@H](C)CC(=O)[C@H](C)NC(=O)CCOCCCC(=O)C(N)C(C)C(=O)CCCOCCC(=O)O2)C(=O)O)OC)N(C)C(=O)[C@@H](CC(=O)[C@H](C(C)C)N(C)C)C(C)C. The van der Waals surface area contributed by atoms with Gasteiger partial charge in [-0.2, -0.15) is 0 Å². The van der Waals surface area contributed by atoms with Crippen LogP contribution in [0.15, 0.2) is 18.2 Å². The number of nitrogens with one attached hydrogen (secondary N) is 2. The quantitative estimate of drug-likeness (QED) is 0.0714. The lowest BCUT2D eigenvalue weighted by molar-refractivity contribution is -0.149. The van der Waals surface area contributed by atoms with E-state index < -0.39 is 108 Å². The van der Waals surface area contributed by atoms with Crippen LogP contribution in [0.5, 0.6) is 5.75 Å². The normalized spacial score (nSPS) is 23.4. The highest BCUT2D eigenvalue weighted by atomic mass is 16.5. The molecule has 1 aromatic rings. The van der Waals surface area contributed by atoms with Crippen LogP contribution >= 0.6 is 0 Å². The minimum atomic E-state index is -1.29. The van der Waals surface area contributed by atoms with Crippen molar-refractivity contribution >= 4 is 70.2 Å². The molecule has 23 heteroatoms. The maximum atomic E-state index is 14.6. The van der Waals surface area contributed by atoms with Crippen molar-refractivity contribution in [2.45, 2.75) is 202 Å². The molecule has 0 bridgehead atoms. The largest absolute Gasteiger partial charge is 0.481 e. The average Bonchev–Trinajstić information content (AvgIpc) is 2.98. The van der Waals surface area contributed by atoms with Crippen LogP contribution < -0.4 is 21.1 Å². The molecule has 0 aromatic heterocycles. The molecule has 1 saturated heterocycles. The van der Waals surface area contributed by atoms with Gasteiger partial charge >= 0.3 is 11.9 Å². The van der Waals surface area contributed by atoms with Gasteiger partial charge in [0.2, 0.25) is 23.6 Å². The third-order valence-corrected chi connectivity index (χ3v) is 17.8. The molecule has 0 aliphatic carbocycles. The summed E-state index contributed by atoms with van der Waals surface area (Å²) in [4.78, 5) is 154. The lowest BCUT2D eigenvalue weighted by Crippen LogP contribution is -2.54. The van der Waals surface area contributed by atoms with E-state index >= 15 is 0 Å². The summed E-state index contributed by atoms with van der Waals surface area (Å²) < 4.78 is 28.9. The van der Waals surface area contributed by atoms with Gasteiger partial charge in [0.05, 0.1) is 80.1 Å². The number of ketones is 5. The highest BCUT2D eigenvalue weighted by Crippen LogP contribution is 2.34. The maximum Gasteiger partial charge on any atom is 0.313 e. The van der Waals surface area contributed by atoms with Crippen molar-refractivity contribution in [2.24, 2.45) is 53.1 Å². The van der Waals surface area contributed by atoms with Crippen molar-refractivity contribution in [1.29, 1.82) is 0 Å². The van der Waals surface area contributed by atoms with Crippen LogP contribution in [0.4, 0.5) is 5.69 Å². The van der Waals surface area contributed by atoms with Gasteiger partial charge < -0.3 is 55.0 Å². The van der Waals surface area contributed by atoms with Gasteiger partial charge in [-0.1, -0.05) is 74.8 Å². The second kappa shape index (κ2) is 38.1. The van der Waals surface area contributed by atoms with Gasteiger partial charge in [-0.05, 0) is 88.6 Å². The summed E-state index contributed by atoms with van der Waals surface area (Å²) >= 11 is 0. The van der Waals surface area contributed by atoms with Crippen LogP contribution in [0.3, 0.4) is 0 Å². The number of carboxylic acid groups (broad SMARTS) is 1. The number of carbonyl (C=O) groups excluding carboxylic acids is 10. The Bertz CT molecular complexity index is 2550. The molecule has 5 N–H and O–H groups in total.